The lowest BCUT2D eigenvalue weighted by Gasteiger charge is -2.17. The molecule has 1 saturated heterocycles. The van der Waals surface area contributed by atoms with Gasteiger partial charge in [0.05, 0.1) is 18.0 Å². The number of carbonyl (C=O) groups excluding carboxylic acids is 2. The summed E-state index contributed by atoms with van der Waals surface area (Å²) in [4.78, 5) is 37.5. The van der Waals surface area contributed by atoms with Gasteiger partial charge in [-0.3, -0.25) is 9.59 Å². The molecule has 2 aromatic rings. The normalized spacial score (nSPS) is 23.5. The van der Waals surface area contributed by atoms with Gasteiger partial charge in [0.15, 0.2) is 0 Å². The molecule has 1 saturated carbocycles. The van der Waals surface area contributed by atoms with E-state index in [9.17, 15) is 14.4 Å². The molecular formula is C22H22N2O4. The number of carboxylic acid groups (broad SMARTS) is 1. The maximum absolute atomic E-state index is 12.4. The second-order valence-electron chi connectivity index (χ2n) is 7.51. The van der Waals surface area contributed by atoms with Crippen LogP contribution < -0.4 is 5.32 Å². The molecule has 1 heterocycles. The maximum atomic E-state index is 12.4. The number of hydrogen-bond acceptors (Lipinski definition) is 3. The van der Waals surface area contributed by atoms with Crippen molar-refractivity contribution in [2.45, 2.75) is 37.3 Å². The minimum atomic E-state index is -0.991. The number of aromatic carboxylic acids is 1. The highest BCUT2D eigenvalue weighted by Gasteiger charge is 2.47. The largest absolute Gasteiger partial charge is 0.478 e. The van der Waals surface area contributed by atoms with Crippen LogP contribution in [-0.4, -0.2) is 46.4 Å². The van der Waals surface area contributed by atoms with Gasteiger partial charge in [-0.15, -0.1) is 0 Å². The summed E-state index contributed by atoms with van der Waals surface area (Å²) < 4.78 is 0. The molecule has 6 heteroatoms. The Hall–Kier alpha value is -3.15. The maximum Gasteiger partial charge on any atom is 0.335 e. The zero-order valence-electron chi connectivity index (χ0n) is 15.4. The number of carbonyl (C=O) groups is 3. The van der Waals surface area contributed by atoms with Gasteiger partial charge in [-0.1, -0.05) is 42.5 Å². The second kappa shape index (κ2) is 7.46. The molecule has 144 valence electrons. The molecule has 2 amide bonds. The van der Waals surface area contributed by atoms with Crippen LogP contribution in [0, 0.1) is 0 Å². The van der Waals surface area contributed by atoms with Gasteiger partial charge in [-0.05, 0) is 29.7 Å². The molecule has 0 bridgehead atoms. The Morgan fingerprint density at radius 3 is 2.46 bits per heavy atom. The summed E-state index contributed by atoms with van der Waals surface area (Å²) in [6.45, 7) is 0.552. The van der Waals surface area contributed by atoms with E-state index in [4.69, 9.17) is 5.11 Å². The predicted octanol–water partition coefficient (Wildman–Crippen LogP) is 2.20. The molecule has 6 nitrogen and oxygen atoms in total. The van der Waals surface area contributed by atoms with E-state index < -0.39 is 5.97 Å². The summed E-state index contributed by atoms with van der Waals surface area (Å²) in [7, 11) is 0. The van der Waals surface area contributed by atoms with Crippen molar-refractivity contribution in [2.75, 3.05) is 6.54 Å². The van der Waals surface area contributed by atoms with Crippen molar-refractivity contribution in [3.63, 3.8) is 0 Å². The number of hydrogen-bond donors (Lipinski definition) is 2. The van der Waals surface area contributed by atoms with Crippen LogP contribution in [0.4, 0.5) is 0 Å². The summed E-state index contributed by atoms with van der Waals surface area (Å²) in [5.41, 5.74) is 2.20. The van der Waals surface area contributed by atoms with Gasteiger partial charge in [-0.25, -0.2) is 4.79 Å². The van der Waals surface area contributed by atoms with Gasteiger partial charge in [0, 0.05) is 24.9 Å². The minimum Gasteiger partial charge on any atom is -0.478 e. The van der Waals surface area contributed by atoms with E-state index in [1.54, 1.807) is 12.1 Å². The van der Waals surface area contributed by atoms with Crippen molar-refractivity contribution >= 4 is 17.8 Å². The zero-order valence-corrected chi connectivity index (χ0v) is 15.4. The van der Waals surface area contributed by atoms with Crippen molar-refractivity contribution < 1.29 is 19.5 Å². The Morgan fingerprint density at radius 2 is 1.79 bits per heavy atom. The van der Waals surface area contributed by atoms with Gasteiger partial charge < -0.3 is 15.3 Å². The van der Waals surface area contributed by atoms with E-state index in [2.05, 4.69) is 17.4 Å². The van der Waals surface area contributed by atoms with Crippen molar-refractivity contribution in [3.05, 3.63) is 71.3 Å². The first kappa shape index (κ1) is 18.2. The molecule has 1 aliphatic heterocycles. The number of nitrogens with zero attached hydrogens (tertiary/aromatic N) is 1. The lowest BCUT2D eigenvalue weighted by Crippen LogP contribution is -2.38. The number of benzene rings is 2. The SMILES string of the molecule is O=C(Cc1ccc(C(=O)O)cc1)NC1CC(=O)N(C2CC2c2ccccc2)C1. The lowest BCUT2D eigenvalue weighted by atomic mass is 10.1. The zero-order chi connectivity index (χ0) is 19.7. The number of likely N-dealkylation sites (tertiary alicyclic amines) is 1. The van der Waals surface area contributed by atoms with E-state index in [1.165, 1.54) is 17.7 Å². The second-order valence-corrected chi connectivity index (χ2v) is 7.51. The van der Waals surface area contributed by atoms with Crippen LogP contribution in [-0.2, 0) is 16.0 Å². The van der Waals surface area contributed by atoms with E-state index >= 15 is 0 Å². The van der Waals surface area contributed by atoms with E-state index in [-0.39, 0.29) is 35.9 Å². The first-order valence-corrected chi connectivity index (χ1v) is 9.47. The van der Waals surface area contributed by atoms with Crippen LogP contribution in [0.1, 0.15) is 40.2 Å². The number of rotatable bonds is 6. The molecular weight excluding hydrogens is 356 g/mol. The van der Waals surface area contributed by atoms with Crippen LogP contribution in [0.2, 0.25) is 0 Å². The Kier molecular flexibility index (Phi) is 4.86. The molecule has 2 aromatic carbocycles. The Balaban J connectivity index is 1.30. The minimum absolute atomic E-state index is 0.0968. The fourth-order valence-corrected chi connectivity index (χ4v) is 3.96. The average molecular weight is 378 g/mol. The van der Waals surface area contributed by atoms with Gasteiger partial charge in [-0.2, -0.15) is 0 Å². The Morgan fingerprint density at radius 1 is 1.07 bits per heavy atom. The summed E-state index contributed by atoms with van der Waals surface area (Å²) in [6, 6.07) is 16.5. The van der Waals surface area contributed by atoms with Crippen molar-refractivity contribution in [3.8, 4) is 0 Å². The number of nitrogens with one attached hydrogen (secondary N) is 1. The van der Waals surface area contributed by atoms with Crippen molar-refractivity contribution in [1.29, 1.82) is 0 Å². The van der Waals surface area contributed by atoms with Gasteiger partial charge >= 0.3 is 5.97 Å². The first-order valence-electron chi connectivity index (χ1n) is 9.47. The van der Waals surface area contributed by atoms with Crippen LogP contribution in [0.15, 0.2) is 54.6 Å². The van der Waals surface area contributed by atoms with Crippen LogP contribution >= 0.6 is 0 Å². The Labute approximate surface area is 163 Å². The van der Waals surface area contributed by atoms with E-state index in [1.807, 2.05) is 23.1 Å². The third-order valence-corrected chi connectivity index (χ3v) is 5.47. The quantitative estimate of drug-likeness (QED) is 0.807. The highest BCUT2D eigenvalue weighted by Crippen LogP contribution is 2.45. The average Bonchev–Trinajstić information content (AvgIpc) is 3.39. The topological polar surface area (TPSA) is 86.7 Å². The third-order valence-electron chi connectivity index (χ3n) is 5.47. The summed E-state index contributed by atoms with van der Waals surface area (Å²) >= 11 is 0. The highest BCUT2D eigenvalue weighted by atomic mass is 16.4. The molecule has 0 radical (unpaired) electrons. The van der Waals surface area contributed by atoms with E-state index in [0.717, 1.165) is 12.0 Å². The standard InChI is InChI=1S/C22H22N2O4/c25-20(10-14-6-8-16(9-7-14)22(27)28)23-17-11-21(26)24(13-17)19-12-18(19)15-4-2-1-3-5-15/h1-9,17-19H,10-13H2,(H,23,25)(H,27,28). The van der Waals surface area contributed by atoms with Crippen LogP contribution in [0.5, 0.6) is 0 Å². The molecule has 3 atom stereocenters. The smallest absolute Gasteiger partial charge is 0.335 e. The number of carboxylic acids is 1. The monoisotopic (exact) mass is 378 g/mol. The molecule has 3 unspecified atom stereocenters. The van der Waals surface area contributed by atoms with Crippen molar-refractivity contribution in [2.24, 2.45) is 0 Å². The fourth-order valence-electron chi connectivity index (χ4n) is 3.96. The molecule has 0 aromatic heterocycles. The lowest BCUT2D eigenvalue weighted by molar-refractivity contribution is -0.128. The molecule has 0 spiro atoms. The van der Waals surface area contributed by atoms with Crippen LogP contribution in [0.25, 0.3) is 0 Å². The molecule has 28 heavy (non-hydrogen) atoms. The fraction of sp³-hybridized carbons (Fsp3) is 0.318. The predicted molar refractivity (Wildman–Crippen MR) is 103 cm³/mol. The number of amides is 2. The van der Waals surface area contributed by atoms with Crippen molar-refractivity contribution in [1.82, 2.24) is 10.2 Å². The van der Waals surface area contributed by atoms with Gasteiger partial charge in [0.1, 0.15) is 0 Å². The highest BCUT2D eigenvalue weighted by molar-refractivity contribution is 5.88. The van der Waals surface area contributed by atoms with Gasteiger partial charge in [0.25, 0.3) is 0 Å². The van der Waals surface area contributed by atoms with Crippen LogP contribution in [0.3, 0.4) is 0 Å². The molecule has 1 aliphatic carbocycles. The molecule has 4 rings (SSSR count). The molecule has 2 N–H and O–H groups in total. The summed E-state index contributed by atoms with van der Waals surface area (Å²) in [5, 5.41) is 11.9. The summed E-state index contributed by atoms with van der Waals surface area (Å²) in [5.74, 6) is -0.653. The third kappa shape index (κ3) is 3.91. The van der Waals surface area contributed by atoms with E-state index in [0.29, 0.717) is 18.9 Å². The first-order chi connectivity index (χ1) is 13.5. The van der Waals surface area contributed by atoms with Gasteiger partial charge in [0.2, 0.25) is 11.8 Å². The molecule has 2 fully saturated rings. The Bertz CT molecular complexity index is 895. The molecule has 2 aliphatic rings. The summed E-state index contributed by atoms with van der Waals surface area (Å²) in [6.07, 6.45) is 1.48.